The molecule has 5 nitrogen and oxygen atoms in total. The molecule has 1 amide bonds. The zero-order valence-corrected chi connectivity index (χ0v) is 11.6. The number of ether oxygens (including phenoxy) is 2. The van der Waals surface area contributed by atoms with Crippen LogP contribution in [0, 0.1) is 0 Å². The average molecular weight is 269 g/mol. The van der Waals surface area contributed by atoms with Crippen molar-refractivity contribution in [3.05, 3.63) is 23.8 Å². The second-order valence-electron chi connectivity index (χ2n) is 4.77. The number of rotatable bonds is 7. The van der Waals surface area contributed by atoms with Crippen LogP contribution in [0.15, 0.2) is 23.8 Å². The Morgan fingerprint density at radius 3 is 2.89 bits per heavy atom. The molecule has 0 spiro atoms. The number of alkyl carbamates (subject to hydrolysis) is 1. The number of aliphatic hydroxyl groups excluding tert-OH is 1. The minimum absolute atomic E-state index is 0.0612. The lowest BCUT2D eigenvalue weighted by Gasteiger charge is -2.18. The van der Waals surface area contributed by atoms with Gasteiger partial charge in [-0.15, -0.1) is 0 Å². The molecule has 0 aromatic carbocycles. The summed E-state index contributed by atoms with van der Waals surface area (Å²) in [5.41, 5.74) is 1.09. The molecule has 1 aliphatic carbocycles. The van der Waals surface area contributed by atoms with Crippen LogP contribution in [0.3, 0.4) is 0 Å². The first kappa shape index (κ1) is 15.7. The van der Waals surface area contributed by atoms with Gasteiger partial charge in [-0.3, -0.25) is 0 Å². The zero-order valence-electron chi connectivity index (χ0n) is 11.6. The Hall–Kier alpha value is -1.33. The van der Waals surface area contributed by atoms with E-state index in [0.29, 0.717) is 6.61 Å². The minimum atomic E-state index is -0.526. The highest BCUT2D eigenvalue weighted by Gasteiger charge is 2.13. The summed E-state index contributed by atoms with van der Waals surface area (Å²) in [6.07, 6.45) is 7.44. The SMILES string of the molecule is CC(C)OCC(CO)NC(=O)OCC1=CC=CCC1. The maximum absolute atomic E-state index is 11.6. The Labute approximate surface area is 114 Å². The smallest absolute Gasteiger partial charge is 0.407 e. The first-order valence-corrected chi connectivity index (χ1v) is 6.62. The standard InChI is InChI=1S/C14H23NO4/c1-11(2)18-10-13(8-16)15-14(17)19-9-12-6-4-3-5-7-12/h3-4,6,11,13,16H,5,7-10H2,1-2H3,(H,15,17). The fourth-order valence-corrected chi connectivity index (χ4v) is 1.59. The first-order valence-electron chi connectivity index (χ1n) is 6.62. The van der Waals surface area contributed by atoms with E-state index in [1.165, 1.54) is 0 Å². The van der Waals surface area contributed by atoms with Gasteiger partial charge < -0.3 is 19.9 Å². The molecule has 0 aliphatic heterocycles. The van der Waals surface area contributed by atoms with E-state index in [4.69, 9.17) is 14.6 Å². The molecule has 1 atom stereocenters. The number of hydrogen-bond acceptors (Lipinski definition) is 4. The van der Waals surface area contributed by atoms with Crippen molar-refractivity contribution in [1.82, 2.24) is 5.32 Å². The van der Waals surface area contributed by atoms with E-state index in [2.05, 4.69) is 11.4 Å². The highest BCUT2D eigenvalue weighted by Crippen LogP contribution is 2.11. The normalized spacial score (nSPS) is 16.1. The number of nitrogens with one attached hydrogen (secondary N) is 1. The van der Waals surface area contributed by atoms with Gasteiger partial charge in [0.2, 0.25) is 0 Å². The number of allylic oxidation sites excluding steroid dienone is 3. The monoisotopic (exact) mass is 269 g/mol. The molecule has 1 rings (SSSR count). The van der Waals surface area contributed by atoms with Gasteiger partial charge in [-0.25, -0.2) is 4.79 Å². The maximum Gasteiger partial charge on any atom is 0.407 e. The molecule has 0 aromatic rings. The van der Waals surface area contributed by atoms with Gasteiger partial charge in [0, 0.05) is 0 Å². The van der Waals surface area contributed by atoms with E-state index in [0.717, 1.165) is 18.4 Å². The van der Waals surface area contributed by atoms with Crippen LogP contribution in [0.4, 0.5) is 4.79 Å². The van der Waals surface area contributed by atoms with Crippen molar-refractivity contribution in [1.29, 1.82) is 0 Å². The lowest BCUT2D eigenvalue weighted by molar-refractivity contribution is 0.0451. The summed E-state index contributed by atoms with van der Waals surface area (Å²) in [7, 11) is 0. The van der Waals surface area contributed by atoms with Gasteiger partial charge in [-0.2, -0.15) is 0 Å². The van der Waals surface area contributed by atoms with E-state index < -0.39 is 12.1 Å². The predicted octanol–water partition coefficient (Wildman–Crippen LogP) is 1.77. The van der Waals surface area contributed by atoms with Gasteiger partial charge in [0.05, 0.1) is 25.4 Å². The van der Waals surface area contributed by atoms with Crippen LogP contribution in [0.1, 0.15) is 26.7 Å². The molecular formula is C14H23NO4. The molecule has 108 valence electrons. The molecule has 0 radical (unpaired) electrons. The summed E-state index contributed by atoms with van der Waals surface area (Å²) in [6.45, 7) is 4.19. The zero-order chi connectivity index (χ0) is 14.1. The number of carbonyl (C=O) groups is 1. The molecule has 1 aliphatic rings. The maximum atomic E-state index is 11.6. The summed E-state index contributed by atoms with van der Waals surface area (Å²) in [5.74, 6) is 0. The quantitative estimate of drug-likeness (QED) is 0.739. The van der Waals surface area contributed by atoms with Crippen molar-refractivity contribution in [3.8, 4) is 0 Å². The number of hydrogen-bond donors (Lipinski definition) is 2. The third-order valence-electron chi connectivity index (χ3n) is 2.66. The van der Waals surface area contributed by atoms with Crippen LogP contribution in [-0.4, -0.2) is 43.2 Å². The van der Waals surface area contributed by atoms with E-state index in [1.807, 2.05) is 26.0 Å². The van der Waals surface area contributed by atoms with Crippen LogP contribution in [-0.2, 0) is 9.47 Å². The van der Waals surface area contributed by atoms with E-state index in [1.54, 1.807) is 0 Å². The Morgan fingerprint density at radius 2 is 2.32 bits per heavy atom. The van der Waals surface area contributed by atoms with Gasteiger partial charge >= 0.3 is 6.09 Å². The minimum Gasteiger partial charge on any atom is -0.445 e. The highest BCUT2D eigenvalue weighted by atomic mass is 16.5. The van der Waals surface area contributed by atoms with Crippen LogP contribution < -0.4 is 5.32 Å². The van der Waals surface area contributed by atoms with E-state index in [-0.39, 0.29) is 19.3 Å². The van der Waals surface area contributed by atoms with Gasteiger partial charge in [0.15, 0.2) is 0 Å². The third-order valence-corrected chi connectivity index (χ3v) is 2.66. The molecule has 2 N–H and O–H groups in total. The van der Waals surface area contributed by atoms with E-state index in [9.17, 15) is 4.79 Å². The first-order chi connectivity index (χ1) is 9.11. The molecule has 0 bridgehead atoms. The van der Waals surface area contributed by atoms with Gasteiger partial charge in [-0.1, -0.05) is 18.2 Å². The highest BCUT2D eigenvalue weighted by molar-refractivity contribution is 5.67. The van der Waals surface area contributed by atoms with Crippen molar-refractivity contribution in [2.24, 2.45) is 0 Å². The second kappa shape index (κ2) is 8.72. The number of aliphatic hydroxyl groups is 1. The average Bonchev–Trinajstić information content (AvgIpc) is 2.42. The van der Waals surface area contributed by atoms with Crippen molar-refractivity contribution in [2.45, 2.75) is 38.8 Å². The molecule has 5 heteroatoms. The van der Waals surface area contributed by atoms with Crippen LogP contribution in [0.5, 0.6) is 0 Å². The summed E-state index contributed by atoms with van der Waals surface area (Å²) in [5, 5.41) is 11.7. The van der Waals surface area contributed by atoms with Crippen LogP contribution >= 0.6 is 0 Å². The second-order valence-corrected chi connectivity index (χ2v) is 4.77. The lowest BCUT2D eigenvalue weighted by Crippen LogP contribution is -2.41. The largest absolute Gasteiger partial charge is 0.445 e. The molecule has 0 saturated heterocycles. The molecule has 0 heterocycles. The summed E-state index contributed by atoms with van der Waals surface area (Å²) < 4.78 is 10.4. The molecule has 1 unspecified atom stereocenters. The summed E-state index contributed by atoms with van der Waals surface area (Å²) in [4.78, 5) is 11.6. The molecule has 0 fully saturated rings. The van der Waals surface area contributed by atoms with Gasteiger partial charge in [0.25, 0.3) is 0 Å². The molecule has 0 saturated carbocycles. The molecule has 19 heavy (non-hydrogen) atoms. The molecular weight excluding hydrogens is 246 g/mol. The van der Waals surface area contributed by atoms with Crippen LogP contribution in [0.2, 0.25) is 0 Å². The van der Waals surface area contributed by atoms with Crippen LogP contribution in [0.25, 0.3) is 0 Å². The fourth-order valence-electron chi connectivity index (χ4n) is 1.59. The lowest BCUT2D eigenvalue weighted by atomic mass is 10.1. The van der Waals surface area contributed by atoms with Crippen molar-refractivity contribution >= 4 is 6.09 Å². The van der Waals surface area contributed by atoms with E-state index >= 15 is 0 Å². The predicted molar refractivity (Wildman–Crippen MR) is 72.9 cm³/mol. The fraction of sp³-hybridized carbons (Fsp3) is 0.643. The van der Waals surface area contributed by atoms with Gasteiger partial charge in [-0.05, 0) is 32.3 Å². The van der Waals surface area contributed by atoms with Crippen molar-refractivity contribution in [2.75, 3.05) is 19.8 Å². The Morgan fingerprint density at radius 1 is 1.53 bits per heavy atom. The van der Waals surface area contributed by atoms with Gasteiger partial charge in [0.1, 0.15) is 6.61 Å². The Bertz CT molecular complexity index is 336. The Kier molecular flexibility index (Phi) is 7.22. The summed E-state index contributed by atoms with van der Waals surface area (Å²) in [6, 6.07) is -0.435. The number of amides is 1. The summed E-state index contributed by atoms with van der Waals surface area (Å²) >= 11 is 0. The van der Waals surface area contributed by atoms with Crippen molar-refractivity contribution in [3.63, 3.8) is 0 Å². The van der Waals surface area contributed by atoms with Crippen molar-refractivity contribution < 1.29 is 19.4 Å². The Balaban J connectivity index is 2.24. The molecule has 0 aromatic heterocycles. The topological polar surface area (TPSA) is 67.8 Å². The third kappa shape index (κ3) is 6.98. The number of carbonyl (C=O) groups excluding carboxylic acids is 1.